The molecule has 1 aliphatic heterocycles. The SMILES string of the molecule is CC(C)CCn1c(SC[C@@H]2CCOCO2)nc2sc3c(c2c1=O)CCCC3. The molecule has 2 aromatic heterocycles. The normalized spacial score (nSPS) is 20.3. The molecule has 2 aromatic rings. The third kappa shape index (κ3) is 4.26. The molecule has 2 aliphatic rings. The van der Waals surface area contributed by atoms with Crippen molar-refractivity contribution in [3.05, 3.63) is 20.8 Å². The average Bonchev–Trinajstić information content (AvgIpc) is 3.05. The molecule has 27 heavy (non-hydrogen) atoms. The summed E-state index contributed by atoms with van der Waals surface area (Å²) in [5.74, 6) is 1.37. The van der Waals surface area contributed by atoms with E-state index >= 15 is 0 Å². The molecule has 3 heterocycles. The van der Waals surface area contributed by atoms with E-state index in [0.717, 1.165) is 60.0 Å². The number of thiophene rings is 1. The summed E-state index contributed by atoms with van der Waals surface area (Å²) in [7, 11) is 0. The summed E-state index contributed by atoms with van der Waals surface area (Å²) < 4.78 is 12.9. The molecule has 0 radical (unpaired) electrons. The average molecular weight is 409 g/mol. The molecule has 1 atom stereocenters. The standard InChI is InChI=1S/C20H28N2O3S2/c1-13(2)7-9-22-19(23)17-15-5-3-4-6-16(15)27-18(17)21-20(22)26-11-14-8-10-24-12-25-14/h13-14H,3-12H2,1-2H3/t14-/m0/s1. The lowest BCUT2D eigenvalue weighted by Gasteiger charge is -2.22. The Kier molecular flexibility index (Phi) is 6.21. The summed E-state index contributed by atoms with van der Waals surface area (Å²) in [4.78, 5) is 20.7. The number of nitrogens with zero attached hydrogens (tertiary/aromatic N) is 2. The largest absolute Gasteiger partial charge is 0.355 e. The van der Waals surface area contributed by atoms with E-state index in [1.807, 2.05) is 4.57 Å². The Labute approximate surface area is 168 Å². The molecular weight excluding hydrogens is 380 g/mol. The fourth-order valence-electron chi connectivity index (χ4n) is 3.71. The van der Waals surface area contributed by atoms with Gasteiger partial charge < -0.3 is 9.47 Å². The van der Waals surface area contributed by atoms with Crippen LogP contribution >= 0.6 is 23.1 Å². The molecule has 1 saturated heterocycles. The maximum atomic E-state index is 13.4. The van der Waals surface area contributed by atoms with Crippen molar-refractivity contribution in [2.75, 3.05) is 19.2 Å². The van der Waals surface area contributed by atoms with E-state index in [-0.39, 0.29) is 11.7 Å². The third-order valence-electron chi connectivity index (χ3n) is 5.34. The molecule has 148 valence electrons. The van der Waals surface area contributed by atoms with Gasteiger partial charge in [-0.15, -0.1) is 11.3 Å². The Bertz CT molecular complexity index is 853. The summed E-state index contributed by atoms with van der Waals surface area (Å²) >= 11 is 3.39. The Balaban J connectivity index is 1.68. The molecule has 7 heteroatoms. The van der Waals surface area contributed by atoms with Crippen LogP contribution in [-0.2, 0) is 28.9 Å². The smallest absolute Gasteiger partial charge is 0.263 e. The van der Waals surface area contributed by atoms with Crippen molar-refractivity contribution in [3.63, 3.8) is 0 Å². The fourth-order valence-corrected chi connectivity index (χ4v) is 6.11. The van der Waals surface area contributed by atoms with Gasteiger partial charge in [-0.05, 0) is 50.0 Å². The van der Waals surface area contributed by atoms with E-state index in [0.29, 0.717) is 12.7 Å². The van der Waals surface area contributed by atoms with Crippen LogP contribution in [0, 0.1) is 5.92 Å². The molecule has 0 saturated carbocycles. The van der Waals surface area contributed by atoms with Crippen LogP contribution < -0.4 is 5.56 Å². The van der Waals surface area contributed by atoms with Crippen LogP contribution in [0.4, 0.5) is 0 Å². The first-order valence-corrected chi connectivity index (χ1v) is 11.8. The minimum atomic E-state index is 0.162. The molecule has 0 amide bonds. The van der Waals surface area contributed by atoms with Crippen LogP contribution in [0.5, 0.6) is 0 Å². The van der Waals surface area contributed by atoms with Crippen molar-refractivity contribution < 1.29 is 9.47 Å². The predicted octanol–water partition coefficient (Wildman–Crippen LogP) is 4.24. The molecular formula is C20H28N2O3S2. The maximum absolute atomic E-state index is 13.4. The van der Waals surface area contributed by atoms with Crippen molar-refractivity contribution in [1.29, 1.82) is 0 Å². The lowest BCUT2D eigenvalue weighted by Crippen LogP contribution is -2.27. The maximum Gasteiger partial charge on any atom is 0.263 e. The third-order valence-corrected chi connectivity index (χ3v) is 7.63. The molecule has 1 aliphatic carbocycles. The van der Waals surface area contributed by atoms with Crippen molar-refractivity contribution in [3.8, 4) is 0 Å². The van der Waals surface area contributed by atoms with Crippen molar-refractivity contribution >= 4 is 33.3 Å². The highest BCUT2D eigenvalue weighted by molar-refractivity contribution is 7.99. The van der Waals surface area contributed by atoms with Crippen LogP contribution in [-0.4, -0.2) is 34.8 Å². The molecule has 0 aromatic carbocycles. The van der Waals surface area contributed by atoms with Crippen LogP contribution in [0.1, 0.15) is 50.0 Å². The summed E-state index contributed by atoms with van der Waals surface area (Å²) in [6.07, 6.45) is 6.59. The Morgan fingerprint density at radius 2 is 2.19 bits per heavy atom. The molecule has 1 fully saturated rings. The number of hydrogen-bond donors (Lipinski definition) is 0. The van der Waals surface area contributed by atoms with Gasteiger partial charge in [-0.3, -0.25) is 9.36 Å². The van der Waals surface area contributed by atoms with E-state index < -0.39 is 0 Å². The number of aromatic nitrogens is 2. The van der Waals surface area contributed by atoms with Gasteiger partial charge >= 0.3 is 0 Å². The zero-order valence-corrected chi connectivity index (χ0v) is 17.8. The summed E-state index contributed by atoms with van der Waals surface area (Å²) in [6, 6.07) is 0. The highest BCUT2D eigenvalue weighted by Crippen LogP contribution is 2.35. The number of aryl methyl sites for hydroxylation is 2. The predicted molar refractivity (Wildman–Crippen MR) is 111 cm³/mol. The van der Waals surface area contributed by atoms with Gasteiger partial charge in [-0.25, -0.2) is 4.98 Å². The first-order chi connectivity index (χ1) is 13.1. The first kappa shape index (κ1) is 19.4. The Morgan fingerprint density at radius 1 is 1.33 bits per heavy atom. The fraction of sp³-hybridized carbons (Fsp3) is 0.700. The number of fused-ring (bicyclic) bond motifs is 3. The minimum Gasteiger partial charge on any atom is -0.355 e. The molecule has 0 N–H and O–H groups in total. The second-order valence-electron chi connectivity index (χ2n) is 7.84. The van der Waals surface area contributed by atoms with Gasteiger partial charge in [0.05, 0.1) is 18.1 Å². The molecule has 0 unspecified atom stereocenters. The summed E-state index contributed by atoms with van der Waals surface area (Å²) in [5, 5.41) is 1.74. The highest BCUT2D eigenvalue weighted by Gasteiger charge is 2.23. The number of hydrogen-bond acceptors (Lipinski definition) is 6. The zero-order chi connectivity index (χ0) is 18.8. The van der Waals surface area contributed by atoms with Gasteiger partial charge in [0.1, 0.15) is 11.6 Å². The molecule has 4 rings (SSSR count). The van der Waals surface area contributed by atoms with E-state index in [1.165, 1.54) is 23.3 Å². The van der Waals surface area contributed by atoms with Gasteiger partial charge in [0.25, 0.3) is 5.56 Å². The quantitative estimate of drug-likeness (QED) is 0.529. The topological polar surface area (TPSA) is 53.4 Å². The monoisotopic (exact) mass is 408 g/mol. The molecule has 5 nitrogen and oxygen atoms in total. The molecule has 0 spiro atoms. The second kappa shape index (κ2) is 8.64. The van der Waals surface area contributed by atoms with Crippen molar-refractivity contribution in [2.24, 2.45) is 5.92 Å². The minimum absolute atomic E-state index is 0.162. The number of rotatable bonds is 6. The van der Waals surface area contributed by atoms with Gasteiger partial charge in [0.2, 0.25) is 0 Å². The van der Waals surface area contributed by atoms with Crippen LogP contribution in [0.25, 0.3) is 10.2 Å². The highest BCUT2D eigenvalue weighted by atomic mass is 32.2. The summed E-state index contributed by atoms with van der Waals surface area (Å²) in [6.45, 7) is 6.25. The van der Waals surface area contributed by atoms with Crippen LogP contribution in [0.2, 0.25) is 0 Å². The Hall–Kier alpha value is -0.890. The van der Waals surface area contributed by atoms with Gasteiger partial charge in [0, 0.05) is 17.2 Å². The lowest BCUT2D eigenvalue weighted by atomic mass is 9.97. The number of ether oxygens (including phenoxy) is 2. The second-order valence-corrected chi connectivity index (χ2v) is 9.91. The van der Waals surface area contributed by atoms with Crippen LogP contribution in [0.15, 0.2) is 9.95 Å². The van der Waals surface area contributed by atoms with E-state index in [4.69, 9.17) is 14.5 Å². The zero-order valence-electron chi connectivity index (χ0n) is 16.2. The first-order valence-electron chi connectivity index (χ1n) is 10.0. The van der Waals surface area contributed by atoms with E-state index in [9.17, 15) is 4.79 Å². The van der Waals surface area contributed by atoms with Gasteiger partial charge in [0.15, 0.2) is 5.16 Å². The van der Waals surface area contributed by atoms with E-state index in [2.05, 4.69) is 13.8 Å². The lowest BCUT2D eigenvalue weighted by molar-refractivity contribution is -0.130. The summed E-state index contributed by atoms with van der Waals surface area (Å²) in [5.41, 5.74) is 1.44. The van der Waals surface area contributed by atoms with Gasteiger partial charge in [-0.1, -0.05) is 25.6 Å². The van der Waals surface area contributed by atoms with Crippen molar-refractivity contribution in [2.45, 2.75) is 70.2 Å². The Morgan fingerprint density at radius 3 is 2.96 bits per heavy atom. The molecule has 0 bridgehead atoms. The number of thioether (sulfide) groups is 1. The van der Waals surface area contributed by atoms with Crippen molar-refractivity contribution in [1.82, 2.24) is 9.55 Å². The van der Waals surface area contributed by atoms with Gasteiger partial charge in [-0.2, -0.15) is 0 Å². The van der Waals surface area contributed by atoms with Crippen LogP contribution in [0.3, 0.4) is 0 Å². The van der Waals surface area contributed by atoms with E-state index in [1.54, 1.807) is 23.1 Å².